The number of rotatable bonds is 4. The minimum atomic E-state index is -0.483. The minimum absolute atomic E-state index is 0.0704. The van der Waals surface area contributed by atoms with Gasteiger partial charge in [-0.2, -0.15) is 0 Å². The molecule has 0 amide bonds. The number of anilines is 1. The number of halogens is 1. The third-order valence-corrected chi connectivity index (χ3v) is 6.67. The molecule has 0 bridgehead atoms. The van der Waals surface area contributed by atoms with Crippen LogP contribution in [0, 0.1) is 0 Å². The van der Waals surface area contributed by atoms with Crippen LogP contribution in [0.1, 0.15) is 37.0 Å². The Morgan fingerprint density at radius 1 is 1.28 bits per heavy atom. The van der Waals surface area contributed by atoms with Crippen molar-refractivity contribution >= 4 is 44.7 Å². The number of benzene rings is 1. The average Bonchev–Trinajstić information content (AvgIpc) is 3.23. The maximum atomic E-state index is 13.1. The minimum Gasteiger partial charge on any atom is -0.463 e. The van der Waals surface area contributed by atoms with Gasteiger partial charge in [0.05, 0.1) is 18.1 Å². The Balaban J connectivity index is 1.97. The number of hydrogen-bond acceptors (Lipinski definition) is 6. The largest absolute Gasteiger partial charge is 0.463 e. The van der Waals surface area contributed by atoms with E-state index in [0.29, 0.717) is 23.4 Å². The van der Waals surface area contributed by atoms with Gasteiger partial charge >= 0.3 is 5.97 Å². The van der Waals surface area contributed by atoms with Crippen molar-refractivity contribution in [2.75, 3.05) is 11.5 Å². The van der Waals surface area contributed by atoms with E-state index in [4.69, 9.17) is 10.5 Å². The van der Waals surface area contributed by atoms with Gasteiger partial charge in [0.25, 0.3) is 0 Å². The zero-order valence-electron chi connectivity index (χ0n) is 16.0. The molecule has 1 atom stereocenters. The number of esters is 1. The maximum Gasteiger partial charge on any atom is 0.338 e. The van der Waals surface area contributed by atoms with Crippen LogP contribution >= 0.6 is 27.3 Å². The van der Waals surface area contributed by atoms with Crippen LogP contribution in [0.3, 0.4) is 0 Å². The summed E-state index contributed by atoms with van der Waals surface area (Å²) < 4.78 is 6.30. The monoisotopic (exact) mass is 472 g/mol. The lowest BCUT2D eigenvalue weighted by atomic mass is 9.77. The van der Waals surface area contributed by atoms with Crippen LogP contribution in [-0.2, 0) is 14.3 Å². The topological polar surface area (TPSA) is 72.6 Å². The fourth-order valence-electron chi connectivity index (χ4n) is 4.02. The molecule has 0 fully saturated rings. The number of nitrogens with two attached hydrogens (primary N) is 1. The summed E-state index contributed by atoms with van der Waals surface area (Å²) in [6.45, 7) is 2.01. The second kappa shape index (κ2) is 8.16. The lowest BCUT2D eigenvalue weighted by Crippen LogP contribution is -2.40. The zero-order chi connectivity index (χ0) is 20.5. The third-order valence-electron chi connectivity index (χ3n) is 5.20. The molecule has 1 aromatic carbocycles. The number of ether oxygens (including phenoxy) is 1. The number of Topliss-reactive ketones (excluding diaryl/α,β-unsaturated/α-hetero) is 1. The van der Waals surface area contributed by atoms with Crippen molar-refractivity contribution in [3.63, 3.8) is 0 Å². The molecular formula is C22H21BrN2O3S. The van der Waals surface area contributed by atoms with Gasteiger partial charge in [-0.1, -0.05) is 22.0 Å². The van der Waals surface area contributed by atoms with Crippen LogP contribution < -0.4 is 10.6 Å². The van der Waals surface area contributed by atoms with E-state index in [-0.39, 0.29) is 12.4 Å². The number of allylic oxidation sites excluding steroid dienone is 2. The van der Waals surface area contributed by atoms with Crippen LogP contribution in [0.4, 0.5) is 5.69 Å². The molecule has 2 heterocycles. The highest BCUT2D eigenvalue weighted by molar-refractivity contribution is 9.10. The lowest BCUT2D eigenvalue weighted by molar-refractivity contribution is -0.138. The number of hydrogen-bond donors (Lipinski definition) is 1. The van der Waals surface area contributed by atoms with E-state index in [2.05, 4.69) is 15.9 Å². The first kappa shape index (κ1) is 19.9. The van der Waals surface area contributed by atoms with E-state index in [1.54, 1.807) is 6.92 Å². The summed E-state index contributed by atoms with van der Waals surface area (Å²) in [7, 11) is 0. The second-order valence-corrected chi connectivity index (χ2v) is 8.81. The first-order chi connectivity index (χ1) is 14.0. The second-order valence-electron chi connectivity index (χ2n) is 6.92. The number of thiophene rings is 1. The zero-order valence-corrected chi connectivity index (χ0v) is 18.4. The smallest absolute Gasteiger partial charge is 0.338 e. The van der Waals surface area contributed by atoms with Gasteiger partial charge in [0, 0.05) is 32.7 Å². The van der Waals surface area contributed by atoms with Gasteiger partial charge in [-0.25, -0.2) is 4.79 Å². The molecule has 0 saturated heterocycles. The number of carbonyl (C=O) groups excluding carboxylic acids is 2. The number of ketones is 1. The quantitative estimate of drug-likeness (QED) is 0.643. The molecule has 5 nitrogen and oxygen atoms in total. The third kappa shape index (κ3) is 3.53. The molecule has 0 unspecified atom stereocenters. The fraction of sp³-hybridized carbons (Fsp3) is 0.273. The summed E-state index contributed by atoms with van der Waals surface area (Å²) in [5.74, 6) is -0.558. The Labute approximate surface area is 182 Å². The predicted molar refractivity (Wildman–Crippen MR) is 117 cm³/mol. The molecule has 2 aromatic rings. The fourth-order valence-corrected chi connectivity index (χ4v) is 5.13. The van der Waals surface area contributed by atoms with Crippen LogP contribution in [0.15, 0.2) is 68.9 Å². The van der Waals surface area contributed by atoms with Crippen molar-refractivity contribution in [3.8, 4) is 0 Å². The molecule has 29 heavy (non-hydrogen) atoms. The molecule has 1 aliphatic carbocycles. The Kier molecular flexibility index (Phi) is 5.61. The highest BCUT2D eigenvalue weighted by Gasteiger charge is 2.43. The first-order valence-electron chi connectivity index (χ1n) is 9.55. The van der Waals surface area contributed by atoms with Gasteiger partial charge in [0.1, 0.15) is 5.82 Å². The predicted octanol–water partition coefficient (Wildman–Crippen LogP) is 4.85. The first-order valence-corrected chi connectivity index (χ1v) is 11.2. The van der Waals surface area contributed by atoms with Crippen molar-refractivity contribution in [1.82, 2.24) is 0 Å². The summed E-state index contributed by atoms with van der Waals surface area (Å²) in [6, 6.07) is 11.6. The van der Waals surface area contributed by atoms with Crippen LogP contribution in [0.5, 0.6) is 0 Å². The number of nitrogens with zero attached hydrogens (tertiary/aromatic N) is 1. The van der Waals surface area contributed by atoms with Crippen molar-refractivity contribution in [3.05, 3.63) is 73.8 Å². The van der Waals surface area contributed by atoms with Crippen LogP contribution in [0.25, 0.3) is 0 Å². The van der Waals surface area contributed by atoms with E-state index in [0.717, 1.165) is 33.6 Å². The average molecular weight is 473 g/mol. The molecule has 7 heteroatoms. The van der Waals surface area contributed by atoms with Gasteiger partial charge in [0.15, 0.2) is 5.78 Å². The van der Waals surface area contributed by atoms with Crippen molar-refractivity contribution < 1.29 is 14.3 Å². The van der Waals surface area contributed by atoms with E-state index >= 15 is 0 Å². The van der Waals surface area contributed by atoms with Crippen LogP contribution in [-0.4, -0.2) is 18.4 Å². The Bertz CT molecular complexity index is 1010. The Morgan fingerprint density at radius 2 is 2.03 bits per heavy atom. The molecule has 0 radical (unpaired) electrons. The normalized spacial score (nSPS) is 19.4. The van der Waals surface area contributed by atoms with E-state index in [1.165, 1.54) is 11.3 Å². The SMILES string of the molecule is CCOC(=O)C1=C(N)N(c2ccc(Br)cc2)C2=C(C(=O)CCC2)[C@@H]1c1cccs1. The molecule has 1 aromatic heterocycles. The summed E-state index contributed by atoms with van der Waals surface area (Å²) in [4.78, 5) is 28.9. The van der Waals surface area contributed by atoms with Crippen molar-refractivity contribution in [2.45, 2.75) is 32.1 Å². The summed E-state index contributed by atoms with van der Waals surface area (Å²) in [6.07, 6.45) is 1.98. The standard InChI is InChI=1S/C22H21BrN2O3S/c1-2-28-22(27)20-19(17-7-4-12-29-17)18-15(5-3-6-16(18)26)25(21(20)24)14-10-8-13(23)9-11-14/h4,7-12,19H,2-3,5-6,24H2,1H3/t19-/m0/s1. The molecule has 4 rings (SSSR count). The summed E-state index contributed by atoms with van der Waals surface area (Å²) in [5, 5.41) is 1.95. The van der Waals surface area contributed by atoms with Gasteiger partial charge in [0.2, 0.25) is 0 Å². The molecule has 150 valence electrons. The molecular weight excluding hydrogens is 452 g/mol. The van der Waals surface area contributed by atoms with Gasteiger partial charge in [-0.15, -0.1) is 11.3 Å². The highest BCUT2D eigenvalue weighted by Crippen LogP contribution is 2.47. The molecule has 2 aliphatic rings. The Morgan fingerprint density at radius 3 is 2.69 bits per heavy atom. The van der Waals surface area contributed by atoms with Gasteiger partial charge in [-0.05, 0) is 55.5 Å². The van der Waals surface area contributed by atoms with Crippen LogP contribution in [0.2, 0.25) is 0 Å². The Hall–Kier alpha value is -2.38. The van der Waals surface area contributed by atoms with E-state index < -0.39 is 11.9 Å². The highest BCUT2D eigenvalue weighted by atomic mass is 79.9. The van der Waals surface area contributed by atoms with Crippen molar-refractivity contribution in [1.29, 1.82) is 0 Å². The van der Waals surface area contributed by atoms with Gasteiger partial charge in [-0.3, -0.25) is 9.69 Å². The molecule has 2 N–H and O–H groups in total. The van der Waals surface area contributed by atoms with Gasteiger partial charge < -0.3 is 10.5 Å². The van der Waals surface area contributed by atoms with E-state index in [1.807, 2.05) is 46.7 Å². The molecule has 1 aliphatic heterocycles. The van der Waals surface area contributed by atoms with E-state index in [9.17, 15) is 9.59 Å². The molecule has 0 spiro atoms. The van der Waals surface area contributed by atoms with Crippen molar-refractivity contribution in [2.24, 2.45) is 5.73 Å². The number of carbonyl (C=O) groups is 2. The summed E-state index contributed by atoms with van der Waals surface area (Å²) >= 11 is 4.97. The lowest BCUT2D eigenvalue weighted by Gasteiger charge is -2.40. The molecule has 0 saturated carbocycles. The summed E-state index contributed by atoms with van der Waals surface area (Å²) in [5.41, 5.74) is 9.33. The maximum absolute atomic E-state index is 13.1.